The van der Waals surface area contributed by atoms with Gasteiger partial charge < -0.3 is 9.88 Å². The van der Waals surface area contributed by atoms with Crippen molar-refractivity contribution in [2.75, 3.05) is 26.4 Å². The van der Waals surface area contributed by atoms with Crippen molar-refractivity contribution >= 4 is 26.8 Å². The number of hydrogen-bond acceptors (Lipinski definition) is 3. The van der Waals surface area contributed by atoms with E-state index >= 15 is 0 Å². The van der Waals surface area contributed by atoms with Crippen LogP contribution in [0.15, 0.2) is 30.3 Å². The summed E-state index contributed by atoms with van der Waals surface area (Å²) in [6.45, 7) is 3.09. The predicted molar refractivity (Wildman–Crippen MR) is 91.8 cm³/mol. The third-order valence-electron chi connectivity index (χ3n) is 3.86. The van der Waals surface area contributed by atoms with Crippen LogP contribution in [0.25, 0.3) is 10.9 Å². The number of hydrogen-bond donors (Lipinski definition) is 1. The number of sulfonamides is 1. The zero-order chi connectivity index (χ0) is 17.0. The van der Waals surface area contributed by atoms with Gasteiger partial charge in [-0.2, -0.15) is 0 Å². The van der Waals surface area contributed by atoms with Gasteiger partial charge in [-0.25, -0.2) is 12.7 Å². The van der Waals surface area contributed by atoms with Crippen molar-refractivity contribution in [3.8, 4) is 0 Å². The van der Waals surface area contributed by atoms with Gasteiger partial charge in [0.05, 0.1) is 6.26 Å². The molecule has 0 fully saturated rings. The van der Waals surface area contributed by atoms with Gasteiger partial charge in [0, 0.05) is 31.3 Å². The molecular weight excluding hydrogens is 314 g/mol. The summed E-state index contributed by atoms with van der Waals surface area (Å²) < 4.78 is 25.8. The topological polar surface area (TPSA) is 71.4 Å². The van der Waals surface area contributed by atoms with E-state index < -0.39 is 10.0 Å². The number of fused-ring (bicyclic) bond motifs is 1. The van der Waals surface area contributed by atoms with E-state index in [9.17, 15) is 13.2 Å². The van der Waals surface area contributed by atoms with Gasteiger partial charge in [-0.05, 0) is 30.9 Å². The Kier molecular flexibility index (Phi) is 5.43. The number of amides is 1. The highest BCUT2D eigenvalue weighted by atomic mass is 32.2. The fourth-order valence-corrected chi connectivity index (χ4v) is 2.91. The van der Waals surface area contributed by atoms with E-state index in [1.165, 1.54) is 17.6 Å². The van der Waals surface area contributed by atoms with Crippen LogP contribution in [-0.4, -0.2) is 49.6 Å². The number of carbonyl (C=O) groups excluding carboxylic acids is 1. The minimum atomic E-state index is -3.16. The van der Waals surface area contributed by atoms with Crippen molar-refractivity contribution in [2.45, 2.75) is 19.9 Å². The lowest BCUT2D eigenvalue weighted by molar-refractivity contribution is -0.121. The molecule has 0 spiro atoms. The number of nitrogens with one attached hydrogen (secondary N) is 1. The van der Waals surface area contributed by atoms with Gasteiger partial charge in [-0.1, -0.05) is 18.2 Å². The maximum absolute atomic E-state index is 12.1. The van der Waals surface area contributed by atoms with E-state index in [0.717, 1.165) is 16.6 Å². The molecule has 23 heavy (non-hydrogen) atoms. The van der Waals surface area contributed by atoms with Crippen LogP contribution in [0.1, 0.15) is 12.1 Å². The molecule has 0 aliphatic heterocycles. The van der Waals surface area contributed by atoms with Gasteiger partial charge >= 0.3 is 0 Å². The molecule has 7 heteroatoms. The summed E-state index contributed by atoms with van der Waals surface area (Å²) in [6.07, 6.45) is 1.76. The van der Waals surface area contributed by atoms with E-state index in [2.05, 4.69) is 11.4 Å². The van der Waals surface area contributed by atoms with Gasteiger partial charge in [0.15, 0.2) is 0 Å². The molecule has 0 aliphatic carbocycles. The molecule has 2 rings (SSSR count). The lowest BCUT2D eigenvalue weighted by Gasteiger charge is -2.14. The molecular formula is C16H23N3O3S. The number of aromatic nitrogens is 1. The van der Waals surface area contributed by atoms with Crippen molar-refractivity contribution in [1.29, 1.82) is 0 Å². The highest BCUT2D eigenvalue weighted by molar-refractivity contribution is 7.88. The van der Waals surface area contributed by atoms with Crippen molar-refractivity contribution in [2.24, 2.45) is 0 Å². The highest BCUT2D eigenvalue weighted by Crippen LogP contribution is 2.18. The molecule has 0 radical (unpaired) electrons. The summed E-state index contributed by atoms with van der Waals surface area (Å²) >= 11 is 0. The molecule has 1 aromatic carbocycles. The SMILES string of the molecule is Cc1cc2ccccc2n1CC(=O)NCCCN(C)S(C)(=O)=O. The molecule has 126 valence electrons. The van der Waals surface area contributed by atoms with Gasteiger partial charge in [0.1, 0.15) is 6.54 Å². The van der Waals surface area contributed by atoms with Crippen molar-refractivity contribution < 1.29 is 13.2 Å². The first-order valence-electron chi connectivity index (χ1n) is 7.52. The van der Waals surface area contributed by atoms with Crippen LogP contribution in [0, 0.1) is 6.92 Å². The van der Waals surface area contributed by atoms with Crippen molar-refractivity contribution in [3.63, 3.8) is 0 Å². The summed E-state index contributed by atoms with van der Waals surface area (Å²) in [5.74, 6) is -0.0727. The molecule has 0 unspecified atom stereocenters. The normalized spacial score (nSPS) is 12.0. The lowest BCUT2D eigenvalue weighted by atomic mass is 10.2. The standard InChI is InChI=1S/C16H23N3O3S/c1-13-11-14-7-4-5-8-15(14)19(13)12-16(20)17-9-6-10-18(2)23(3,21)22/h4-5,7-8,11H,6,9-10,12H2,1-3H3,(H,17,20). The molecule has 0 aliphatic rings. The third-order valence-corrected chi connectivity index (χ3v) is 5.17. The van der Waals surface area contributed by atoms with Crippen molar-refractivity contribution in [3.05, 3.63) is 36.0 Å². The van der Waals surface area contributed by atoms with Gasteiger partial charge in [0.2, 0.25) is 15.9 Å². The minimum absolute atomic E-state index is 0.0727. The maximum Gasteiger partial charge on any atom is 0.239 e. The average molecular weight is 337 g/mol. The quantitative estimate of drug-likeness (QED) is 0.775. The largest absolute Gasteiger partial charge is 0.355 e. The molecule has 1 aromatic heterocycles. The summed E-state index contributed by atoms with van der Waals surface area (Å²) in [4.78, 5) is 12.1. The smallest absolute Gasteiger partial charge is 0.239 e. The Bertz CT molecular complexity index is 796. The number of aryl methyl sites for hydroxylation is 1. The monoisotopic (exact) mass is 337 g/mol. The maximum atomic E-state index is 12.1. The van der Waals surface area contributed by atoms with Crippen LogP contribution in [0.4, 0.5) is 0 Å². The van der Waals surface area contributed by atoms with Gasteiger partial charge in [-0.3, -0.25) is 4.79 Å². The zero-order valence-electron chi connectivity index (χ0n) is 13.7. The Labute approximate surface area is 137 Å². The summed E-state index contributed by atoms with van der Waals surface area (Å²) in [5, 5.41) is 3.96. The van der Waals surface area contributed by atoms with Crippen LogP contribution in [0.2, 0.25) is 0 Å². The second-order valence-corrected chi connectivity index (χ2v) is 7.81. The number of rotatable bonds is 7. The Balaban J connectivity index is 1.86. The molecule has 6 nitrogen and oxygen atoms in total. The van der Waals surface area contributed by atoms with E-state index in [-0.39, 0.29) is 12.5 Å². The van der Waals surface area contributed by atoms with Crippen LogP contribution in [0.5, 0.6) is 0 Å². The Hall–Kier alpha value is -1.86. The molecule has 0 bridgehead atoms. The van der Waals surface area contributed by atoms with Gasteiger partial charge in [0.25, 0.3) is 0 Å². The molecule has 0 saturated heterocycles. The summed E-state index contributed by atoms with van der Waals surface area (Å²) in [7, 11) is -1.62. The van der Waals surface area contributed by atoms with E-state index in [1.807, 2.05) is 35.8 Å². The Morgan fingerprint density at radius 1 is 1.30 bits per heavy atom. The van der Waals surface area contributed by atoms with Crippen molar-refractivity contribution in [1.82, 2.24) is 14.2 Å². The molecule has 2 aromatic rings. The first kappa shape index (κ1) is 17.5. The van der Waals surface area contributed by atoms with E-state index in [1.54, 1.807) is 0 Å². The van der Waals surface area contributed by atoms with E-state index in [4.69, 9.17) is 0 Å². The molecule has 1 heterocycles. The molecule has 0 atom stereocenters. The van der Waals surface area contributed by atoms with Crippen LogP contribution >= 0.6 is 0 Å². The minimum Gasteiger partial charge on any atom is -0.355 e. The fourth-order valence-electron chi connectivity index (χ4n) is 2.45. The zero-order valence-corrected chi connectivity index (χ0v) is 14.6. The number of nitrogens with zero attached hydrogens (tertiary/aromatic N) is 2. The first-order chi connectivity index (χ1) is 10.8. The van der Waals surface area contributed by atoms with Gasteiger partial charge in [-0.15, -0.1) is 0 Å². The lowest BCUT2D eigenvalue weighted by Crippen LogP contribution is -2.32. The molecule has 1 amide bonds. The van der Waals surface area contributed by atoms with Crippen LogP contribution in [0.3, 0.4) is 0 Å². The first-order valence-corrected chi connectivity index (χ1v) is 9.37. The summed E-state index contributed by atoms with van der Waals surface area (Å²) in [6, 6.07) is 10.0. The molecule has 1 N–H and O–H groups in total. The number of para-hydroxylation sites is 1. The second-order valence-electron chi connectivity index (χ2n) is 5.72. The highest BCUT2D eigenvalue weighted by Gasteiger charge is 2.11. The average Bonchev–Trinajstić information content (AvgIpc) is 2.78. The second kappa shape index (κ2) is 7.14. The fraction of sp³-hybridized carbons (Fsp3) is 0.438. The van der Waals surface area contributed by atoms with E-state index in [0.29, 0.717) is 19.5 Å². The third kappa shape index (κ3) is 4.56. The Morgan fingerprint density at radius 3 is 2.70 bits per heavy atom. The van der Waals surface area contributed by atoms with Crippen LogP contribution < -0.4 is 5.32 Å². The molecule has 0 saturated carbocycles. The Morgan fingerprint density at radius 2 is 2.00 bits per heavy atom. The number of benzene rings is 1. The van der Waals surface area contributed by atoms with Crippen LogP contribution in [-0.2, 0) is 21.4 Å². The predicted octanol–water partition coefficient (Wildman–Crippen LogP) is 1.35. The summed E-state index contributed by atoms with van der Waals surface area (Å²) in [5.41, 5.74) is 2.08. The number of carbonyl (C=O) groups is 1.